The number of likely N-dealkylation sites (tertiary alicyclic amines) is 1. The van der Waals surface area contributed by atoms with Crippen LogP contribution in [0.2, 0.25) is 0 Å². The molecule has 116 valence electrons. The van der Waals surface area contributed by atoms with Crippen molar-refractivity contribution in [3.63, 3.8) is 0 Å². The first-order valence-electron chi connectivity index (χ1n) is 8.61. The van der Waals surface area contributed by atoms with E-state index in [2.05, 4.69) is 46.3 Å². The van der Waals surface area contributed by atoms with Gasteiger partial charge in [0.2, 0.25) is 0 Å². The normalized spacial score (nSPS) is 21.1. The Morgan fingerprint density at radius 2 is 1.67 bits per heavy atom. The van der Waals surface area contributed by atoms with Gasteiger partial charge in [-0.2, -0.15) is 0 Å². The van der Waals surface area contributed by atoms with Crippen LogP contribution in [0.3, 0.4) is 0 Å². The topological polar surface area (TPSA) is 18.5 Å². The highest BCUT2D eigenvalue weighted by Crippen LogP contribution is 2.24. The molecule has 2 heterocycles. The van der Waals surface area contributed by atoms with Crippen LogP contribution in [0.4, 0.5) is 5.69 Å². The van der Waals surface area contributed by atoms with Gasteiger partial charge >= 0.3 is 0 Å². The fourth-order valence-electron chi connectivity index (χ4n) is 3.63. The van der Waals surface area contributed by atoms with Crippen molar-refractivity contribution in [2.24, 2.45) is 0 Å². The quantitative estimate of drug-likeness (QED) is 0.868. The largest absolute Gasteiger partial charge is 0.371 e. The van der Waals surface area contributed by atoms with E-state index in [9.17, 15) is 0 Å². The summed E-state index contributed by atoms with van der Waals surface area (Å²) < 4.78 is 0. The summed E-state index contributed by atoms with van der Waals surface area (Å²) in [6.07, 6.45) is 5.44. The van der Waals surface area contributed by atoms with E-state index in [0.29, 0.717) is 6.04 Å². The standard InChI is InChI=1S/C18H29N3/c1-16(15-20-10-4-5-11-20)19-14-17-8-2-3-9-18(17)21-12-6-7-13-21/h2-3,8-9,16,19H,4-7,10-15H2,1H3. The Kier molecular flexibility index (Phi) is 5.15. The van der Waals surface area contributed by atoms with Crippen molar-refractivity contribution in [3.8, 4) is 0 Å². The lowest BCUT2D eigenvalue weighted by atomic mass is 10.1. The lowest BCUT2D eigenvalue weighted by Crippen LogP contribution is -2.37. The molecule has 0 aliphatic carbocycles. The average Bonchev–Trinajstić information content (AvgIpc) is 3.18. The summed E-state index contributed by atoms with van der Waals surface area (Å²) >= 11 is 0. The van der Waals surface area contributed by atoms with Gasteiger partial charge in [-0.25, -0.2) is 0 Å². The number of rotatable bonds is 6. The SMILES string of the molecule is CC(CN1CCCC1)NCc1ccccc1N1CCCC1. The molecule has 0 radical (unpaired) electrons. The smallest absolute Gasteiger partial charge is 0.0411 e. The van der Waals surface area contributed by atoms with Crippen molar-refractivity contribution < 1.29 is 0 Å². The third-order valence-corrected chi connectivity index (χ3v) is 4.81. The first-order valence-corrected chi connectivity index (χ1v) is 8.61. The van der Waals surface area contributed by atoms with Crippen LogP contribution in [0.1, 0.15) is 38.2 Å². The lowest BCUT2D eigenvalue weighted by Gasteiger charge is -2.24. The summed E-state index contributed by atoms with van der Waals surface area (Å²) in [5, 5.41) is 3.72. The molecule has 1 aromatic rings. The number of nitrogens with zero attached hydrogens (tertiary/aromatic N) is 2. The van der Waals surface area contributed by atoms with Gasteiger partial charge in [-0.15, -0.1) is 0 Å². The molecule has 0 amide bonds. The molecule has 2 aliphatic heterocycles. The first kappa shape index (κ1) is 14.9. The summed E-state index contributed by atoms with van der Waals surface area (Å²) in [6, 6.07) is 9.47. The molecule has 3 heteroatoms. The van der Waals surface area contributed by atoms with Crippen LogP contribution in [0, 0.1) is 0 Å². The van der Waals surface area contributed by atoms with Gasteiger partial charge < -0.3 is 15.1 Å². The van der Waals surface area contributed by atoms with E-state index in [-0.39, 0.29) is 0 Å². The minimum absolute atomic E-state index is 0.565. The summed E-state index contributed by atoms with van der Waals surface area (Å²) in [5.74, 6) is 0. The zero-order valence-corrected chi connectivity index (χ0v) is 13.4. The first-order chi connectivity index (χ1) is 10.3. The summed E-state index contributed by atoms with van der Waals surface area (Å²) in [7, 11) is 0. The van der Waals surface area contributed by atoms with Gasteiger partial charge in [0.1, 0.15) is 0 Å². The van der Waals surface area contributed by atoms with Crippen molar-refractivity contribution in [2.45, 2.75) is 45.2 Å². The highest BCUT2D eigenvalue weighted by molar-refractivity contribution is 5.54. The zero-order valence-electron chi connectivity index (χ0n) is 13.4. The van der Waals surface area contributed by atoms with Crippen LogP contribution in [0.15, 0.2) is 24.3 Å². The molecule has 1 N–H and O–H groups in total. The highest BCUT2D eigenvalue weighted by Gasteiger charge is 2.17. The van der Waals surface area contributed by atoms with Gasteiger partial charge in [-0.3, -0.25) is 0 Å². The Bertz CT molecular complexity index is 434. The highest BCUT2D eigenvalue weighted by atomic mass is 15.2. The fraction of sp³-hybridized carbons (Fsp3) is 0.667. The molecule has 1 unspecified atom stereocenters. The predicted octanol–water partition coefficient (Wildman–Crippen LogP) is 2.86. The third-order valence-electron chi connectivity index (χ3n) is 4.81. The van der Waals surface area contributed by atoms with E-state index in [1.807, 2.05) is 0 Å². The van der Waals surface area contributed by atoms with Crippen LogP contribution in [0.25, 0.3) is 0 Å². The summed E-state index contributed by atoms with van der Waals surface area (Å²) in [5.41, 5.74) is 2.89. The van der Waals surface area contributed by atoms with Gasteiger partial charge in [0, 0.05) is 37.9 Å². The second kappa shape index (κ2) is 7.28. The Balaban J connectivity index is 1.54. The van der Waals surface area contributed by atoms with Gasteiger partial charge in [-0.05, 0) is 57.3 Å². The maximum absolute atomic E-state index is 3.72. The Hall–Kier alpha value is -1.06. The second-order valence-electron chi connectivity index (χ2n) is 6.61. The summed E-state index contributed by atoms with van der Waals surface area (Å²) in [6.45, 7) is 9.51. The molecule has 21 heavy (non-hydrogen) atoms. The molecule has 2 saturated heterocycles. The molecule has 0 aromatic heterocycles. The van der Waals surface area contributed by atoms with Crippen LogP contribution >= 0.6 is 0 Å². The predicted molar refractivity (Wildman–Crippen MR) is 89.9 cm³/mol. The molecule has 0 saturated carbocycles. The molecular formula is C18H29N3. The Morgan fingerprint density at radius 3 is 2.43 bits per heavy atom. The van der Waals surface area contributed by atoms with Crippen LogP contribution in [-0.4, -0.2) is 43.7 Å². The Labute approximate surface area is 129 Å². The number of hydrogen-bond acceptors (Lipinski definition) is 3. The molecular weight excluding hydrogens is 258 g/mol. The monoisotopic (exact) mass is 287 g/mol. The van der Waals surface area contributed by atoms with E-state index < -0.39 is 0 Å². The van der Waals surface area contributed by atoms with Crippen LogP contribution in [-0.2, 0) is 6.54 Å². The number of benzene rings is 1. The fourth-order valence-corrected chi connectivity index (χ4v) is 3.63. The molecule has 2 aliphatic rings. The van der Waals surface area contributed by atoms with Crippen LogP contribution in [0.5, 0.6) is 0 Å². The van der Waals surface area contributed by atoms with Crippen molar-refractivity contribution in [2.75, 3.05) is 37.6 Å². The average molecular weight is 287 g/mol. The van der Waals surface area contributed by atoms with Crippen molar-refractivity contribution in [3.05, 3.63) is 29.8 Å². The third kappa shape index (κ3) is 3.98. The van der Waals surface area contributed by atoms with E-state index >= 15 is 0 Å². The number of nitrogens with one attached hydrogen (secondary N) is 1. The molecule has 1 atom stereocenters. The number of para-hydroxylation sites is 1. The maximum Gasteiger partial charge on any atom is 0.0411 e. The maximum atomic E-state index is 3.72. The van der Waals surface area contributed by atoms with E-state index in [1.165, 1.54) is 69.7 Å². The molecule has 0 spiro atoms. The van der Waals surface area contributed by atoms with E-state index in [4.69, 9.17) is 0 Å². The van der Waals surface area contributed by atoms with Crippen LogP contribution < -0.4 is 10.2 Å². The molecule has 0 bridgehead atoms. The van der Waals surface area contributed by atoms with Crippen molar-refractivity contribution in [1.82, 2.24) is 10.2 Å². The molecule has 1 aromatic carbocycles. The zero-order chi connectivity index (χ0) is 14.5. The van der Waals surface area contributed by atoms with Gasteiger partial charge in [-0.1, -0.05) is 18.2 Å². The minimum Gasteiger partial charge on any atom is -0.371 e. The molecule has 3 rings (SSSR count). The molecule has 2 fully saturated rings. The minimum atomic E-state index is 0.565. The number of hydrogen-bond donors (Lipinski definition) is 1. The summed E-state index contributed by atoms with van der Waals surface area (Å²) in [4.78, 5) is 5.13. The molecule has 3 nitrogen and oxygen atoms in total. The van der Waals surface area contributed by atoms with Gasteiger partial charge in [0.15, 0.2) is 0 Å². The Morgan fingerprint density at radius 1 is 1.00 bits per heavy atom. The van der Waals surface area contributed by atoms with E-state index in [0.717, 1.165) is 6.54 Å². The van der Waals surface area contributed by atoms with E-state index in [1.54, 1.807) is 0 Å². The van der Waals surface area contributed by atoms with Gasteiger partial charge in [0.25, 0.3) is 0 Å². The van der Waals surface area contributed by atoms with Gasteiger partial charge in [0.05, 0.1) is 0 Å². The lowest BCUT2D eigenvalue weighted by molar-refractivity contribution is 0.298. The van der Waals surface area contributed by atoms with Crippen molar-refractivity contribution in [1.29, 1.82) is 0 Å². The van der Waals surface area contributed by atoms with Crippen molar-refractivity contribution >= 4 is 5.69 Å². The second-order valence-corrected chi connectivity index (χ2v) is 6.61. The number of anilines is 1.